The molecule has 0 unspecified atom stereocenters. The summed E-state index contributed by atoms with van der Waals surface area (Å²) in [6.07, 6.45) is -0.0954. The first-order valence-electron chi connectivity index (χ1n) is 7.31. The number of hydrogen-bond acceptors (Lipinski definition) is 5. The van der Waals surface area contributed by atoms with Crippen LogP contribution < -0.4 is 4.90 Å². The van der Waals surface area contributed by atoms with Crippen LogP contribution in [0.4, 0.5) is 5.69 Å². The van der Waals surface area contributed by atoms with E-state index < -0.39 is 5.79 Å². The zero-order valence-electron chi connectivity index (χ0n) is 12.4. The Morgan fingerprint density at radius 3 is 2.86 bits per heavy atom. The molecule has 2 saturated heterocycles. The SMILES string of the molecule is COC(=O)[C@H]1c2ccccc2N2C[C@H]3OC(C)(C)O[C@H]3[C@H]12. The summed E-state index contributed by atoms with van der Waals surface area (Å²) in [5, 5.41) is 0. The fraction of sp³-hybridized carbons (Fsp3) is 0.562. The molecule has 0 aromatic heterocycles. The molecule has 2 fully saturated rings. The number of anilines is 1. The summed E-state index contributed by atoms with van der Waals surface area (Å²) in [4.78, 5) is 14.6. The highest BCUT2D eigenvalue weighted by Crippen LogP contribution is 2.50. The Bertz CT molecular complexity index is 600. The third kappa shape index (κ3) is 1.74. The summed E-state index contributed by atoms with van der Waals surface area (Å²) in [5.41, 5.74) is 2.12. The molecule has 0 radical (unpaired) electrons. The lowest BCUT2D eigenvalue weighted by molar-refractivity contribution is -0.155. The molecular formula is C16H19NO4. The van der Waals surface area contributed by atoms with E-state index in [0.29, 0.717) is 0 Å². The second kappa shape index (κ2) is 4.21. The van der Waals surface area contributed by atoms with Gasteiger partial charge in [0.2, 0.25) is 0 Å². The molecule has 3 heterocycles. The van der Waals surface area contributed by atoms with Crippen LogP contribution in [-0.4, -0.2) is 43.7 Å². The maximum absolute atomic E-state index is 12.3. The van der Waals surface area contributed by atoms with Crippen molar-refractivity contribution >= 4 is 11.7 Å². The number of para-hydroxylation sites is 1. The number of rotatable bonds is 1. The summed E-state index contributed by atoms with van der Waals surface area (Å²) < 4.78 is 17.1. The number of carbonyl (C=O) groups is 1. The van der Waals surface area contributed by atoms with Gasteiger partial charge in [-0.1, -0.05) is 18.2 Å². The topological polar surface area (TPSA) is 48.0 Å². The van der Waals surface area contributed by atoms with Crippen LogP contribution >= 0.6 is 0 Å². The van der Waals surface area contributed by atoms with Crippen molar-refractivity contribution in [3.05, 3.63) is 29.8 Å². The van der Waals surface area contributed by atoms with E-state index in [4.69, 9.17) is 14.2 Å². The highest BCUT2D eigenvalue weighted by atomic mass is 16.8. The van der Waals surface area contributed by atoms with Gasteiger partial charge in [-0.2, -0.15) is 0 Å². The van der Waals surface area contributed by atoms with Gasteiger partial charge in [-0.3, -0.25) is 4.79 Å². The van der Waals surface area contributed by atoms with E-state index in [2.05, 4.69) is 11.0 Å². The van der Waals surface area contributed by atoms with Gasteiger partial charge in [0.15, 0.2) is 5.79 Å². The van der Waals surface area contributed by atoms with Crippen LogP contribution in [0.2, 0.25) is 0 Å². The van der Waals surface area contributed by atoms with Crippen LogP contribution in [0.1, 0.15) is 25.3 Å². The summed E-state index contributed by atoms with van der Waals surface area (Å²) >= 11 is 0. The predicted octanol–water partition coefficient (Wildman–Crippen LogP) is 1.67. The van der Waals surface area contributed by atoms with Gasteiger partial charge in [0, 0.05) is 12.2 Å². The third-order valence-corrected chi connectivity index (χ3v) is 4.67. The average molecular weight is 289 g/mol. The summed E-state index contributed by atoms with van der Waals surface area (Å²) in [7, 11) is 1.44. The van der Waals surface area contributed by atoms with E-state index >= 15 is 0 Å². The molecule has 4 atom stereocenters. The molecule has 0 N–H and O–H groups in total. The molecule has 1 aromatic rings. The highest BCUT2D eigenvalue weighted by Gasteiger charge is 2.59. The number of ether oxygens (including phenoxy) is 3. The number of carbonyl (C=O) groups excluding carboxylic acids is 1. The number of nitrogens with zero attached hydrogens (tertiary/aromatic N) is 1. The molecule has 4 rings (SSSR count). The van der Waals surface area contributed by atoms with Crippen LogP contribution in [0.15, 0.2) is 24.3 Å². The Morgan fingerprint density at radius 2 is 2.10 bits per heavy atom. The monoisotopic (exact) mass is 289 g/mol. The van der Waals surface area contributed by atoms with Gasteiger partial charge in [-0.25, -0.2) is 0 Å². The first kappa shape index (κ1) is 13.1. The van der Waals surface area contributed by atoms with Crippen molar-refractivity contribution in [2.75, 3.05) is 18.6 Å². The van der Waals surface area contributed by atoms with Gasteiger partial charge in [-0.05, 0) is 25.5 Å². The minimum Gasteiger partial charge on any atom is -0.468 e. The van der Waals surface area contributed by atoms with Crippen molar-refractivity contribution in [2.45, 2.75) is 43.8 Å². The summed E-state index contributed by atoms with van der Waals surface area (Å²) in [5.74, 6) is -1.10. The molecule has 0 spiro atoms. The summed E-state index contributed by atoms with van der Waals surface area (Å²) in [6.45, 7) is 4.60. The van der Waals surface area contributed by atoms with E-state index in [0.717, 1.165) is 17.8 Å². The third-order valence-electron chi connectivity index (χ3n) is 4.67. The van der Waals surface area contributed by atoms with Crippen molar-refractivity contribution < 1.29 is 19.0 Å². The van der Waals surface area contributed by atoms with Crippen molar-refractivity contribution in [3.63, 3.8) is 0 Å². The van der Waals surface area contributed by atoms with Gasteiger partial charge in [-0.15, -0.1) is 0 Å². The Kier molecular flexibility index (Phi) is 2.63. The maximum atomic E-state index is 12.3. The molecule has 21 heavy (non-hydrogen) atoms. The van der Waals surface area contributed by atoms with Gasteiger partial charge in [0.25, 0.3) is 0 Å². The molecule has 0 aliphatic carbocycles. The number of benzene rings is 1. The zero-order valence-corrected chi connectivity index (χ0v) is 12.4. The van der Waals surface area contributed by atoms with Gasteiger partial charge in [0.05, 0.1) is 13.2 Å². The van der Waals surface area contributed by atoms with Gasteiger partial charge in [0.1, 0.15) is 18.1 Å². The van der Waals surface area contributed by atoms with E-state index in [9.17, 15) is 4.79 Å². The number of esters is 1. The molecular weight excluding hydrogens is 270 g/mol. The van der Waals surface area contributed by atoms with E-state index in [1.54, 1.807) is 0 Å². The standard InChI is InChI=1S/C16H19NO4/c1-16(2)20-11-8-17-10-7-5-4-6-9(10)12(15(18)19-3)13(17)14(11)21-16/h4-7,11-14H,8H2,1-3H3/t11-,12+,13+,14-/m1/s1. The molecule has 0 saturated carbocycles. The molecule has 0 bridgehead atoms. The van der Waals surface area contributed by atoms with Crippen molar-refractivity contribution in [1.82, 2.24) is 0 Å². The van der Waals surface area contributed by atoms with E-state index in [1.165, 1.54) is 7.11 Å². The highest BCUT2D eigenvalue weighted by molar-refractivity contribution is 5.86. The minimum atomic E-state index is -0.586. The van der Waals surface area contributed by atoms with Crippen LogP contribution in [0, 0.1) is 0 Å². The molecule has 3 aliphatic heterocycles. The van der Waals surface area contributed by atoms with Gasteiger partial charge >= 0.3 is 5.97 Å². The lowest BCUT2D eigenvalue weighted by atomic mass is 9.91. The van der Waals surface area contributed by atoms with Crippen molar-refractivity contribution in [3.8, 4) is 0 Å². The quantitative estimate of drug-likeness (QED) is 0.736. The van der Waals surface area contributed by atoms with E-state index in [1.807, 2.05) is 32.0 Å². The lowest BCUT2D eigenvalue weighted by Gasteiger charge is -2.28. The first-order chi connectivity index (χ1) is 10.0. The molecule has 3 aliphatic rings. The Hall–Kier alpha value is -1.59. The van der Waals surface area contributed by atoms with Crippen LogP contribution in [0.25, 0.3) is 0 Å². The predicted molar refractivity (Wildman–Crippen MR) is 76.2 cm³/mol. The Labute approximate surface area is 123 Å². The number of methoxy groups -OCH3 is 1. The molecule has 0 amide bonds. The maximum Gasteiger partial charge on any atom is 0.315 e. The van der Waals surface area contributed by atoms with Crippen LogP contribution in [-0.2, 0) is 19.0 Å². The molecule has 5 nitrogen and oxygen atoms in total. The van der Waals surface area contributed by atoms with Crippen molar-refractivity contribution in [2.24, 2.45) is 0 Å². The average Bonchev–Trinajstić information content (AvgIpc) is 3.03. The van der Waals surface area contributed by atoms with Crippen molar-refractivity contribution in [1.29, 1.82) is 0 Å². The van der Waals surface area contributed by atoms with E-state index in [-0.39, 0.29) is 30.1 Å². The first-order valence-corrected chi connectivity index (χ1v) is 7.31. The van der Waals surface area contributed by atoms with Crippen LogP contribution in [0.5, 0.6) is 0 Å². The minimum absolute atomic E-state index is 0.00510. The smallest absolute Gasteiger partial charge is 0.315 e. The fourth-order valence-corrected chi connectivity index (χ4v) is 4.00. The lowest BCUT2D eigenvalue weighted by Crippen LogP contribution is -2.41. The zero-order chi connectivity index (χ0) is 14.8. The fourth-order valence-electron chi connectivity index (χ4n) is 4.00. The summed E-state index contributed by atoms with van der Waals surface area (Å²) in [6, 6.07) is 7.98. The van der Waals surface area contributed by atoms with Crippen LogP contribution in [0.3, 0.4) is 0 Å². The largest absolute Gasteiger partial charge is 0.468 e. The number of fused-ring (bicyclic) bond motifs is 5. The molecule has 112 valence electrons. The second-order valence-corrected chi connectivity index (χ2v) is 6.34. The Balaban J connectivity index is 1.77. The van der Waals surface area contributed by atoms with Gasteiger partial charge < -0.3 is 19.1 Å². The number of hydrogen-bond donors (Lipinski definition) is 0. The second-order valence-electron chi connectivity index (χ2n) is 6.34. The Morgan fingerprint density at radius 1 is 1.33 bits per heavy atom. The molecule has 5 heteroatoms. The molecule has 1 aromatic carbocycles. The normalized spacial score (nSPS) is 35.3.